The number of carbonyl (C=O) groups is 3. The smallest absolute Gasteiger partial charge is 0.286 e. The number of ether oxygens (including phenoxy) is 2. The van der Waals surface area contributed by atoms with E-state index in [2.05, 4.69) is 16.4 Å². The first-order valence-corrected chi connectivity index (χ1v) is 11.2. The predicted molar refractivity (Wildman–Crippen MR) is 112 cm³/mol. The number of carbonyl (C=O) groups excluding carboxylic acids is 3. The molecule has 0 saturated carbocycles. The summed E-state index contributed by atoms with van der Waals surface area (Å²) >= 11 is 0. The fraction of sp³-hybridized carbons (Fsp3) is 0.500. The van der Waals surface area contributed by atoms with E-state index >= 15 is 0 Å². The van der Waals surface area contributed by atoms with Crippen molar-refractivity contribution in [1.82, 2.24) is 10.6 Å². The van der Waals surface area contributed by atoms with E-state index in [0.717, 1.165) is 0 Å². The summed E-state index contributed by atoms with van der Waals surface area (Å²) in [5, 5.41) is 18.9. The van der Waals surface area contributed by atoms with Crippen molar-refractivity contribution in [3.63, 3.8) is 0 Å². The first-order valence-electron chi connectivity index (χ1n) is 9.65. The van der Waals surface area contributed by atoms with Crippen LogP contribution in [0, 0.1) is 0 Å². The molecule has 13 nitrogen and oxygen atoms in total. The minimum atomic E-state index is -3.81. The molecule has 0 fully saturated rings. The van der Waals surface area contributed by atoms with E-state index in [9.17, 15) is 22.8 Å². The zero-order chi connectivity index (χ0) is 24.1. The number of hydrogen-bond donors (Lipinski definition) is 6. The van der Waals surface area contributed by atoms with Gasteiger partial charge in [0.05, 0.1) is 44.0 Å². The van der Waals surface area contributed by atoms with Crippen molar-refractivity contribution in [3.8, 4) is 0 Å². The maximum Gasteiger partial charge on any atom is 0.286 e. The number of nitrogens with two attached hydrogens (primary N) is 2. The van der Waals surface area contributed by atoms with Crippen LogP contribution in [0.25, 0.3) is 0 Å². The van der Waals surface area contributed by atoms with Gasteiger partial charge in [0.25, 0.3) is 11.8 Å². The van der Waals surface area contributed by atoms with Crippen molar-refractivity contribution in [1.29, 1.82) is 0 Å². The van der Waals surface area contributed by atoms with Crippen molar-refractivity contribution < 1.29 is 43.1 Å². The van der Waals surface area contributed by atoms with Crippen LogP contribution in [0.5, 0.6) is 0 Å². The molecule has 0 heterocycles. The van der Waals surface area contributed by atoms with E-state index in [1.54, 1.807) is 0 Å². The maximum absolute atomic E-state index is 12.0. The van der Waals surface area contributed by atoms with E-state index in [1.807, 2.05) is 0 Å². The van der Waals surface area contributed by atoms with Gasteiger partial charge in [-0.25, -0.2) is 13.6 Å². The van der Waals surface area contributed by atoms with Crippen LogP contribution in [-0.2, 0) is 29.1 Å². The summed E-state index contributed by atoms with van der Waals surface area (Å²) < 4.78 is 33.0. The second kappa shape index (κ2) is 13.8. The van der Waals surface area contributed by atoms with Crippen molar-refractivity contribution in [2.45, 2.75) is 17.0 Å². The predicted octanol–water partition coefficient (Wildman–Crippen LogP) is -4.29. The van der Waals surface area contributed by atoms with Crippen LogP contribution in [-0.4, -0.2) is 89.3 Å². The highest BCUT2D eigenvalue weighted by molar-refractivity contribution is 7.89. The monoisotopic (exact) mass is 476 g/mol. The second-order valence-electron chi connectivity index (χ2n) is 6.59. The Morgan fingerprint density at radius 1 is 1.00 bits per heavy atom. The number of quaternary nitrogens is 1. The molecule has 0 aliphatic heterocycles. The van der Waals surface area contributed by atoms with Gasteiger partial charge in [-0.15, -0.1) is 0 Å². The van der Waals surface area contributed by atoms with Crippen LogP contribution in [0.3, 0.4) is 0 Å². The Morgan fingerprint density at radius 3 is 2.03 bits per heavy atom. The van der Waals surface area contributed by atoms with Crippen LogP contribution in [0.4, 0.5) is 0 Å². The van der Waals surface area contributed by atoms with Crippen molar-refractivity contribution in [3.05, 3.63) is 29.8 Å². The number of hydrogen-bond acceptors (Lipinski definition) is 9. The summed E-state index contributed by atoms with van der Waals surface area (Å²) in [6.45, 7) is 0.771. The van der Waals surface area contributed by atoms with Crippen molar-refractivity contribution in [2.24, 2.45) is 10.9 Å². The number of aliphatic hydroxyl groups is 1. The molecule has 1 aromatic carbocycles. The Labute approximate surface area is 185 Å². The Balaban J connectivity index is 2.09. The van der Waals surface area contributed by atoms with Crippen molar-refractivity contribution in [2.75, 3.05) is 46.1 Å². The summed E-state index contributed by atoms with van der Waals surface area (Å²) in [5.74, 6) is -1.63. The Hall–Kier alpha value is -2.46. The Morgan fingerprint density at radius 2 is 1.53 bits per heavy atom. The average Bonchev–Trinajstić information content (AvgIpc) is 2.77. The highest BCUT2D eigenvalue weighted by atomic mass is 32.2. The number of sulfonamides is 1. The van der Waals surface area contributed by atoms with Gasteiger partial charge in [0.15, 0.2) is 0 Å². The summed E-state index contributed by atoms with van der Waals surface area (Å²) in [5.41, 5.74) is 9.08. The Bertz CT molecular complexity index is 863. The molecule has 0 aromatic heterocycles. The fourth-order valence-electron chi connectivity index (χ4n) is 2.30. The lowest BCUT2D eigenvalue weighted by Gasteiger charge is -2.12. The number of ketones is 1. The molecular formula is C18H30N5O8S+. The first-order chi connectivity index (χ1) is 15.1. The number of rotatable bonds is 15. The van der Waals surface area contributed by atoms with Gasteiger partial charge >= 0.3 is 0 Å². The molecule has 2 amide bonds. The molecule has 0 bridgehead atoms. The van der Waals surface area contributed by atoms with Crippen molar-refractivity contribution >= 4 is 27.6 Å². The molecule has 1 unspecified atom stereocenters. The highest BCUT2D eigenvalue weighted by Crippen LogP contribution is 2.08. The van der Waals surface area contributed by atoms with Crippen LogP contribution in [0.2, 0.25) is 0 Å². The topological polar surface area (TPSA) is 228 Å². The summed E-state index contributed by atoms with van der Waals surface area (Å²) in [6, 6.07) is 2.87. The molecular weight excluding hydrogens is 446 g/mol. The van der Waals surface area contributed by atoms with E-state index in [-0.39, 0.29) is 55.9 Å². The molecule has 1 aromatic rings. The summed E-state index contributed by atoms with van der Waals surface area (Å²) in [7, 11) is -3.81. The van der Waals surface area contributed by atoms with Gasteiger partial charge in [-0.2, -0.15) is 0 Å². The number of primary sulfonamides is 1. The molecule has 0 spiro atoms. The van der Waals surface area contributed by atoms with Gasteiger partial charge in [0.1, 0.15) is 0 Å². The minimum absolute atomic E-state index is 0.0810. The summed E-state index contributed by atoms with van der Waals surface area (Å²) in [6.07, 6.45) is 0. The fourth-order valence-corrected chi connectivity index (χ4v) is 2.82. The number of nitrogens with one attached hydrogen (secondary N) is 2. The molecule has 0 saturated heterocycles. The third-order valence-corrected chi connectivity index (χ3v) is 5.05. The number of benzene rings is 1. The zero-order valence-corrected chi connectivity index (χ0v) is 18.3. The summed E-state index contributed by atoms with van der Waals surface area (Å²) in [4.78, 5) is 35.3. The molecule has 2 atom stereocenters. The number of amides is 2. The van der Waals surface area contributed by atoms with Gasteiger partial charge in [-0.05, 0) is 24.3 Å². The lowest BCUT2D eigenvalue weighted by molar-refractivity contribution is -0.389. The molecule has 32 heavy (non-hydrogen) atoms. The Kier molecular flexibility index (Phi) is 11.9. The van der Waals surface area contributed by atoms with Gasteiger partial charge < -0.3 is 36.7 Å². The van der Waals surface area contributed by atoms with Gasteiger partial charge in [0, 0.05) is 18.7 Å². The van der Waals surface area contributed by atoms with E-state index < -0.39 is 40.4 Å². The zero-order valence-electron chi connectivity index (χ0n) is 17.5. The number of Topliss-reactive ketones (excluding diaryl/α,β-unsaturated/α-hetero) is 1. The van der Waals surface area contributed by atoms with Crippen LogP contribution >= 0.6 is 0 Å². The third kappa shape index (κ3) is 9.78. The molecule has 0 aliphatic carbocycles. The third-order valence-electron chi connectivity index (χ3n) is 4.12. The standard InChI is InChI=1S/C18H29N5O8S/c19-14(11-24)16(25)15(20)18(27)23-6-8-31-10-9-30-7-5-22-17(26)12-1-3-13(4-2-12)32(21,28)29/h1-4,14-15,24H,5-11,19-20H2,(H,22,26)(H,23,27)(H2,21,28,29)/p+1/t14?,15-/m1/s1. The molecule has 180 valence electrons. The van der Waals surface area contributed by atoms with Crippen LogP contribution < -0.4 is 27.2 Å². The molecule has 10 N–H and O–H groups in total. The molecule has 0 radical (unpaired) electrons. The SMILES string of the molecule is NC(CO)C(=O)[C@@H]([NH3+])C(=O)NCCOCCOCCNC(=O)c1ccc(S(N)(=O)=O)cc1. The largest absolute Gasteiger partial charge is 0.394 e. The van der Waals surface area contributed by atoms with Gasteiger partial charge in [0.2, 0.25) is 21.8 Å². The maximum atomic E-state index is 12.0. The van der Waals surface area contributed by atoms with E-state index in [4.69, 9.17) is 25.5 Å². The quantitative estimate of drug-likeness (QED) is 0.106. The molecule has 1 rings (SSSR count). The average molecular weight is 477 g/mol. The first kappa shape index (κ1) is 27.6. The van der Waals surface area contributed by atoms with Gasteiger partial charge in [-0.1, -0.05) is 0 Å². The van der Waals surface area contributed by atoms with Crippen LogP contribution in [0.15, 0.2) is 29.2 Å². The molecule has 0 aliphatic rings. The lowest BCUT2D eigenvalue weighted by Crippen LogP contribution is -2.73. The highest BCUT2D eigenvalue weighted by Gasteiger charge is 2.29. The lowest BCUT2D eigenvalue weighted by atomic mass is 10.1. The van der Waals surface area contributed by atoms with E-state index in [0.29, 0.717) is 0 Å². The normalized spacial score (nSPS) is 13.2. The number of aliphatic hydroxyl groups excluding tert-OH is 1. The molecule has 14 heteroatoms. The minimum Gasteiger partial charge on any atom is -0.394 e. The van der Waals surface area contributed by atoms with Gasteiger partial charge in [-0.3, -0.25) is 14.4 Å². The second-order valence-corrected chi connectivity index (χ2v) is 8.15. The van der Waals surface area contributed by atoms with E-state index in [1.165, 1.54) is 24.3 Å². The van der Waals surface area contributed by atoms with Crippen LogP contribution in [0.1, 0.15) is 10.4 Å².